The van der Waals surface area contributed by atoms with E-state index in [1.54, 1.807) is 0 Å². The highest BCUT2D eigenvalue weighted by atomic mass is 16.6. The fourth-order valence-electron chi connectivity index (χ4n) is 6.23. The van der Waals surface area contributed by atoms with Gasteiger partial charge in [0.25, 0.3) is 11.8 Å². The van der Waals surface area contributed by atoms with Crippen LogP contribution in [0.4, 0.5) is 0 Å². The molecule has 280 valence electrons. The number of methoxy groups -OCH3 is 1. The number of aliphatic hydroxyl groups is 1. The molecule has 0 aliphatic carbocycles. The van der Waals surface area contributed by atoms with Gasteiger partial charge in [-0.3, -0.25) is 28.8 Å². The van der Waals surface area contributed by atoms with Gasteiger partial charge in [-0.05, 0) is 70.8 Å². The van der Waals surface area contributed by atoms with Gasteiger partial charge in [0.1, 0.15) is 24.2 Å². The lowest BCUT2D eigenvalue weighted by Gasteiger charge is -2.21. The van der Waals surface area contributed by atoms with Crippen LogP contribution < -0.4 is 11.1 Å². The van der Waals surface area contributed by atoms with Crippen molar-refractivity contribution in [3.63, 3.8) is 0 Å². The van der Waals surface area contributed by atoms with Gasteiger partial charge in [-0.25, -0.2) is 0 Å². The summed E-state index contributed by atoms with van der Waals surface area (Å²) < 4.78 is 4.47. The van der Waals surface area contributed by atoms with Crippen LogP contribution in [0.5, 0.6) is 0 Å². The summed E-state index contributed by atoms with van der Waals surface area (Å²) in [6.07, 6.45) is 9.23. The second-order valence-corrected chi connectivity index (χ2v) is 12.4. The van der Waals surface area contributed by atoms with E-state index in [1.165, 1.54) is 38.9 Å². The third kappa shape index (κ3) is 12.4. The number of nitriles is 4. The molecule has 52 heavy (non-hydrogen) atoms. The molecule has 1 unspecified atom stereocenters. The number of rotatable bonds is 6. The maximum absolute atomic E-state index is 11.9. The molecule has 6 atom stereocenters. The third-order valence-corrected chi connectivity index (χ3v) is 9.05. The minimum atomic E-state index is -1.44. The number of carbonyl (C=O) groups is 6. The number of nitrogens with two attached hydrogens (primary N) is 1. The highest BCUT2D eigenvalue weighted by Gasteiger charge is 2.33. The number of primary amides is 1. The summed E-state index contributed by atoms with van der Waals surface area (Å²) >= 11 is 0. The number of nitrogens with one attached hydrogen (secondary N) is 1. The van der Waals surface area contributed by atoms with Crippen molar-refractivity contribution >= 4 is 35.8 Å². The Morgan fingerprint density at radius 1 is 0.692 bits per heavy atom. The second kappa shape index (κ2) is 22.4. The number of ether oxygens (including phenoxy) is 1. The standard InChI is InChI=1S/C14H16N4O2.C8H12N2O3.C7H8N2O2.C5H10N2O/c15-9-11-3-1-7-17(11)13(19)5-6-14(20)18-8-2-4-12(18)10-16;1-13-8(12)7(11)10-4-2-3-6(10)5-9;8-4-6-2-1-3-9(6)7(11)5-10;6-5(8)4-2-1-3-7-4/h5-6,11-12H,1-4,7-8H2;6,8,12H,2-4H2,1H3;5-6H,1-3H2;4,7H,1-3H2,(H2,6,8)/b6-5+;;;/t11-,12-;6-,8?;6-;4-/m0000/s1. The number of aliphatic hydroxyl groups excluding tert-OH is 1. The van der Waals surface area contributed by atoms with Crippen molar-refractivity contribution in [2.24, 2.45) is 5.73 Å². The zero-order chi connectivity index (χ0) is 38.6. The first kappa shape index (κ1) is 42.8. The topological polar surface area (TPSA) is 278 Å². The zero-order valence-electron chi connectivity index (χ0n) is 29.3. The molecule has 18 heteroatoms. The first-order chi connectivity index (χ1) is 25.0. The van der Waals surface area contributed by atoms with Gasteiger partial charge in [-0.1, -0.05) is 0 Å². The van der Waals surface area contributed by atoms with E-state index in [2.05, 4.69) is 22.2 Å². The normalized spacial score (nSPS) is 25.1. The van der Waals surface area contributed by atoms with E-state index in [1.807, 2.05) is 12.1 Å². The van der Waals surface area contributed by atoms with Gasteiger partial charge in [-0.2, -0.15) is 21.0 Å². The Balaban J connectivity index is 0.000000254. The fourth-order valence-corrected chi connectivity index (χ4v) is 6.23. The molecule has 5 amide bonds. The summed E-state index contributed by atoms with van der Waals surface area (Å²) in [4.78, 5) is 72.1. The van der Waals surface area contributed by atoms with Crippen molar-refractivity contribution in [3.05, 3.63) is 12.2 Å². The van der Waals surface area contributed by atoms with E-state index in [9.17, 15) is 28.8 Å². The largest absolute Gasteiger partial charge is 0.368 e. The zero-order valence-corrected chi connectivity index (χ0v) is 29.3. The van der Waals surface area contributed by atoms with Crippen LogP contribution >= 0.6 is 0 Å². The van der Waals surface area contributed by atoms with Crippen LogP contribution in [-0.4, -0.2) is 137 Å². The quantitative estimate of drug-likeness (QED) is 0.128. The average molecular weight is 723 g/mol. The molecule has 5 aliphatic rings. The van der Waals surface area contributed by atoms with Gasteiger partial charge >= 0.3 is 0 Å². The third-order valence-electron chi connectivity index (χ3n) is 9.05. The summed E-state index contributed by atoms with van der Waals surface area (Å²) in [6.45, 7) is 3.11. The number of hydrogen-bond acceptors (Lipinski definition) is 13. The first-order valence-corrected chi connectivity index (χ1v) is 17.1. The molecule has 0 aromatic heterocycles. The SMILES string of the molecule is COC(O)C(=O)N1CCC[C@H]1C#N.N#C[C@@H]1CCCN1C(=O)/C=C/C(=O)N1CCC[C@H]1C#N.N#C[C@@H]1CCCN1C(=O)C=O.NC(=O)[C@@H]1CCCN1. The van der Waals surface area contributed by atoms with Crippen molar-refractivity contribution in [2.75, 3.05) is 39.8 Å². The van der Waals surface area contributed by atoms with E-state index in [4.69, 9.17) is 31.9 Å². The van der Waals surface area contributed by atoms with E-state index in [0.29, 0.717) is 51.9 Å². The highest BCUT2D eigenvalue weighted by molar-refractivity contribution is 6.23. The van der Waals surface area contributed by atoms with Gasteiger partial charge in [0, 0.05) is 45.4 Å². The number of nitrogens with zero attached hydrogens (tertiary/aromatic N) is 8. The summed E-state index contributed by atoms with van der Waals surface area (Å²) in [5.41, 5.74) is 5.00. The Bertz CT molecular complexity index is 1430. The van der Waals surface area contributed by atoms with Crippen LogP contribution in [0.2, 0.25) is 0 Å². The maximum Gasteiger partial charge on any atom is 0.287 e. The van der Waals surface area contributed by atoms with Gasteiger partial charge in [0.05, 0.1) is 30.3 Å². The molecular weight excluding hydrogens is 676 g/mol. The molecule has 0 spiro atoms. The lowest BCUT2D eigenvalue weighted by molar-refractivity contribution is -0.164. The fraction of sp³-hybridized carbons (Fsp3) is 0.647. The smallest absolute Gasteiger partial charge is 0.287 e. The summed E-state index contributed by atoms with van der Waals surface area (Å²) in [5.74, 6) is -1.94. The molecular formula is C34H46N10O8. The van der Waals surface area contributed by atoms with Crippen molar-refractivity contribution in [2.45, 2.75) is 101 Å². The molecule has 0 saturated carbocycles. The second-order valence-electron chi connectivity index (χ2n) is 12.4. The Hall–Kier alpha value is -5.40. The Kier molecular flexibility index (Phi) is 18.4. The van der Waals surface area contributed by atoms with Crippen molar-refractivity contribution in [3.8, 4) is 24.3 Å². The van der Waals surface area contributed by atoms with Crippen LogP contribution in [0.3, 0.4) is 0 Å². The Labute approximate surface area is 302 Å². The molecule has 5 fully saturated rings. The van der Waals surface area contributed by atoms with Crippen LogP contribution in [0.1, 0.15) is 64.2 Å². The Morgan fingerprint density at radius 3 is 1.38 bits per heavy atom. The molecule has 4 N–H and O–H groups in total. The first-order valence-electron chi connectivity index (χ1n) is 17.1. The predicted octanol–water partition coefficient (Wildman–Crippen LogP) is -1.04. The molecule has 0 aromatic rings. The van der Waals surface area contributed by atoms with E-state index in [-0.39, 0.29) is 48.2 Å². The molecule has 5 saturated heterocycles. The van der Waals surface area contributed by atoms with Gasteiger partial charge in [-0.15, -0.1) is 0 Å². The summed E-state index contributed by atoms with van der Waals surface area (Å²) in [5, 5.41) is 47.1. The van der Waals surface area contributed by atoms with Gasteiger partial charge < -0.3 is 40.5 Å². The molecule has 0 bridgehead atoms. The minimum Gasteiger partial charge on any atom is -0.368 e. The molecule has 0 radical (unpaired) electrons. The van der Waals surface area contributed by atoms with Gasteiger partial charge in [0.15, 0.2) is 0 Å². The molecule has 5 aliphatic heterocycles. The molecule has 0 aromatic carbocycles. The average Bonchev–Trinajstić information content (AvgIpc) is 4.02. The van der Waals surface area contributed by atoms with Crippen LogP contribution in [0.15, 0.2) is 12.2 Å². The van der Waals surface area contributed by atoms with Crippen molar-refractivity contribution in [1.82, 2.24) is 24.9 Å². The van der Waals surface area contributed by atoms with E-state index in [0.717, 1.165) is 45.1 Å². The summed E-state index contributed by atoms with van der Waals surface area (Å²) in [7, 11) is 1.25. The maximum atomic E-state index is 11.9. The van der Waals surface area contributed by atoms with Crippen molar-refractivity contribution < 1.29 is 38.6 Å². The van der Waals surface area contributed by atoms with E-state index >= 15 is 0 Å². The minimum absolute atomic E-state index is 0.0463. The Morgan fingerprint density at radius 2 is 1.08 bits per heavy atom. The van der Waals surface area contributed by atoms with Crippen LogP contribution in [0.25, 0.3) is 0 Å². The van der Waals surface area contributed by atoms with E-state index < -0.39 is 24.1 Å². The summed E-state index contributed by atoms with van der Waals surface area (Å²) in [6, 6.07) is 6.55. The number of likely N-dealkylation sites (tertiary alicyclic amines) is 4. The lowest BCUT2D eigenvalue weighted by Crippen LogP contribution is -2.42. The highest BCUT2D eigenvalue weighted by Crippen LogP contribution is 2.19. The number of carbonyl (C=O) groups excluding carboxylic acids is 6. The van der Waals surface area contributed by atoms with Crippen LogP contribution in [-0.2, 0) is 33.5 Å². The molecule has 5 rings (SSSR count). The molecule has 18 nitrogen and oxygen atoms in total. The molecule has 5 heterocycles. The lowest BCUT2D eigenvalue weighted by atomic mass is 10.2. The van der Waals surface area contributed by atoms with Crippen LogP contribution in [0, 0.1) is 45.3 Å². The number of aldehydes is 1. The number of hydrogen-bond donors (Lipinski definition) is 3. The van der Waals surface area contributed by atoms with Gasteiger partial charge in [0.2, 0.25) is 30.3 Å². The monoisotopic (exact) mass is 722 g/mol. The predicted molar refractivity (Wildman–Crippen MR) is 180 cm³/mol. The van der Waals surface area contributed by atoms with Crippen molar-refractivity contribution in [1.29, 1.82) is 21.0 Å². The number of amides is 5.